The molecule has 0 saturated heterocycles. The molecule has 3 rings (SSSR count). The van der Waals surface area contributed by atoms with Crippen LogP contribution in [0.1, 0.15) is 27.6 Å². The number of carbonyl (C=O) groups is 3. The van der Waals surface area contributed by atoms with E-state index in [4.69, 9.17) is 4.74 Å². The minimum Gasteiger partial charge on any atom is -0.497 e. The highest BCUT2D eigenvalue weighted by molar-refractivity contribution is 8.00. The standard InChI is InChI=1S/C24H22N2O4S/c1-16(27)17-3-7-19(8-4-17)25-23(28)15-31-22-13-9-20(10-14-22)26-24(29)18-5-11-21(30-2)12-6-18/h3-14H,15H2,1-2H3,(H,25,28)(H,26,29). The highest BCUT2D eigenvalue weighted by atomic mass is 32.2. The summed E-state index contributed by atoms with van der Waals surface area (Å²) in [5.41, 5.74) is 2.45. The first kappa shape index (κ1) is 22.1. The number of ether oxygens (including phenoxy) is 1. The number of methoxy groups -OCH3 is 1. The van der Waals surface area contributed by atoms with E-state index in [0.29, 0.717) is 28.3 Å². The van der Waals surface area contributed by atoms with Crippen molar-refractivity contribution < 1.29 is 19.1 Å². The Balaban J connectivity index is 1.48. The molecule has 0 aliphatic carbocycles. The minimum absolute atomic E-state index is 0.0166. The lowest BCUT2D eigenvalue weighted by Crippen LogP contribution is -2.14. The first-order valence-electron chi connectivity index (χ1n) is 9.54. The maximum Gasteiger partial charge on any atom is 0.255 e. The van der Waals surface area contributed by atoms with E-state index in [0.717, 1.165) is 4.90 Å². The normalized spacial score (nSPS) is 10.3. The second kappa shape index (κ2) is 10.4. The van der Waals surface area contributed by atoms with Crippen LogP contribution >= 0.6 is 11.8 Å². The Bertz CT molecular complexity index is 1060. The average molecular weight is 435 g/mol. The lowest BCUT2D eigenvalue weighted by Gasteiger charge is -2.08. The third-order valence-corrected chi connectivity index (χ3v) is 5.42. The molecule has 0 fully saturated rings. The van der Waals surface area contributed by atoms with Gasteiger partial charge in [0.25, 0.3) is 5.91 Å². The molecule has 0 heterocycles. The van der Waals surface area contributed by atoms with Crippen molar-refractivity contribution in [3.8, 4) is 5.75 Å². The number of carbonyl (C=O) groups excluding carboxylic acids is 3. The van der Waals surface area contributed by atoms with E-state index in [2.05, 4.69) is 10.6 Å². The minimum atomic E-state index is -0.210. The van der Waals surface area contributed by atoms with E-state index >= 15 is 0 Å². The Morgan fingerprint density at radius 3 is 1.90 bits per heavy atom. The van der Waals surface area contributed by atoms with Crippen LogP contribution in [0.5, 0.6) is 5.75 Å². The van der Waals surface area contributed by atoms with Gasteiger partial charge >= 0.3 is 0 Å². The first-order valence-corrected chi connectivity index (χ1v) is 10.5. The van der Waals surface area contributed by atoms with Gasteiger partial charge in [0, 0.05) is 27.4 Å². The zero-order valence-corrected chi connectivity index (χ0v) is 18.0. The molecule has 0 saturated carbocycles. The number of benzene rings is 3. The highest BCUT2D eigenvalue weighted by Gasteiger charge is 2.08. The number of thioether (sulfide) groups is 1. The van der Waals surface area contributed by atoms with E-state index < -0.39 is 0 Å². The number of hydrogen-bond acceptors (Lipinski definition) is 5. The van der Waals surface area contributed by atoms with Crippen LogP contribution in [0.2, 0.25) is 0 Å². The quantitative estimate of drug-likeness (QED) is 0.390. The number of nitrogens with one attached hydrogen (secondary N) is 2. The van der Waals surface area contributed by atoms with Crippen molar-refractivity contribution in [3.05, 3.63) is 83.9 Å². The van der Waals surface area contributed by atoms with Crippen LogP contribution in [0.25, 0.3) is 0 Å². The molecule has 3 aromatic rings. The van der Waals surface area contributed by atoms with Crippen LogP contribution in [0.3, 0.4) is 0 Å². The van der Waals surface area contributed by atoms with E-state index in [-0.39, 0.29) is 23.4 Å². The topological polar surface area (TPSA) is 84.5 Å². The monoisotopic (exact) mass is 434 g/mol. The van der Waals surface area contributed by atoms with Gasteiger partial charge in [-0.25, -0.2) is 0 Å². The van der Waals surface area contributed by atoms with Crippen LogP contribution in [0.4, 0.5) is 11.4 Å². The molecular formula is C24H22N2O4S. The summed E-state index contributed by atoms with van der Waals surface area (Å²) < 4.78 is 5.09. The SMILES string of the molecule is COc1ccc(C(=O)Nc2ccc(SCC(=O)Nc3ccc(C(C)=O)cc3)cc2)cc1. The lowest BCUT2D eigenvalue weighted by molar-refractivity contribution is -0.113. The van der Waals surface area contributed by atoms with E-state index in [1.807, 2.05) is 12.1 Å². The summed E-state index contributed by atoms with van der Waals surface area (Å²) in [5, 5.41) is 5.65. The second-order valence-electron chi connectivity index (χ2n) is 6.68. The van der Waals surface area contributed by atoms with Crippen LogP contribution in [-0.2, 0) is 4.79 Å². The summed E-state index contributed by atoms with van der Waals surface area (Å²) >= 11 is 1.39. The number of hydrogen-bond donors (Lipinski definition) is 2. The molecule has 6 nitrogen and oxygen atoms in total. The highest BCUT2D eigenvalue weighted by Crippen LogP contribution is 2.21. The van der Waals surface area contributed by atoms with Gasteiger partial charge < -0.3 is 15.4 Å². The van der Waals surface area contributed by atoms with Gasteiger partial charge in [-0.15, -0.1) is 11.8 Å². The van der Waals surface area contributed by atoms with E-state index in [9.17, 15) is 14.4 Å². The van der Waals surface area contributed by atoms with Gasteiger partial charge in [-0.3, -0.25) is 14.4 Å². The number of anilines is 2. The van der Waals surface area contributed by atoms with Crippen LogP contribution in [0.15, 0.2) is 77.7 Å². The van der Waals surface area contributed by atoms with Crippen LogP contribution < -0.4 is 15.4 Å². The van der Waals surface area contributed by atoms with Gasteiger partial charge in [-0.1, -0.05) is 0 Å². The van der Waals surface area contributed by atoms with E-state index in [1.54, 1.807) is 67.8 Å². The van der Waals surface area contributed by atoms with Gasteiger partial charge in [0.15, 0.2) is 5.78 Å². The molecule has 0 radical (unpaired) electrons. The zero-order valence-electron chi connectivity index (χ0n) is 17.2. The van der Waals surface area contributed by atoms with Gasteiger partial charge in [0.1, 0.15) is 5.75 Å². The summed E-state index contributed by atoms with van der Waals surface area (Å²) in [6, 6.07) is 20.9. The number of Topliss-reactive ketones (excluding diaryl/α,β-unsaturated/α-hetero) is 1. The Morgan fingerprint density at radius 2 is 1.32 bits per heavy atom. The summed E-state index contributed by atoms with van der Waals surface area (Å²) in [5.74, 6) is 0.564. The third-order valence-electron chi connectivity index (χ3n) is 4.41. The van der Waals surface area contributed by atoms with Gasteiger partial charge in [-0.2, -0.15) is 0 Å². The van der Waals surface area contributed by atoms with Crippen molar-refractivity contribution in [3.63, 3.8) is 0 Å². The maximum absolute atomic E-state index is 12.3. The fourth-order valence-electron chi connectivity index (χ4n) is 2.71. The molecule has 2 N–H and O–H groups in total. The molecule has 2 amide bonds. The van der Waals surface area contributed by atoms with Crippen molar-refractivity contribution in [1.82, 2.24) is 0 Å². The summed E-state index contributed by atoms with van der Waals surface area (Å²) in [7, 11) is 1.57. The number of rotatable bonds is 8. The van der Waals surface area contributed by atoms with Gasteiger partial charge in [0.2, 0.25) is 5.91 Å². The molecule has 3 aromatic carbocycles. The molecule has 158 valence electrons. The van der Waals surface area contributed by atoms with Crippen molar-refractivity contribution in [1.29, 1.82) is 0 Å². The summed E-state index contributed by atoms with van der Waals surface area (Å²) in [4.78, 5) is 36.7. The van der Waals surface area contributed by atoms with Gasteiger partial charge in [0.05, 0.1) is 12.9 Å². The first-order chi connectivity index (χ1) is 14.9. The summed E-state index contributed by atoms with van der Waals surface area (Å²) in [6.45, 7) is 1.50. The molecule has 0 aliphatic heterocycles. The molecule has 0 aromatic heterocycles. The Hall–Kier alpha value is -3.58. The fraction of sp³-hybridized carbons (Fsp3) is 0.125. The van der Waals surface area contributed by atoms with Crippen molar-refractivity contribution in [2.45, 2.75) is 11.8 Å². The van der Waals surface area contributed by atoms with Crippen LogP contribution in [-0.4, -0.2) is 30.5 Å². The average Bonchev–Trinajstić information content (AvgIpc) is 2.79. The van der Waals surface area contributed by atoms with Gasteiger partial charge in [-0.05, 0) is 79.7 Å². The smallest absolute Gasteiger partial charge is 0.255 e. The molecule has 0 bridgehead atoms. The second-order valence-corrected chi connectivity index (χ2v) is 7.73. The van der Waals surface area contributed by atoms with Crippen molar-refractivity contribution in [2.24, 2.45) is 0 Å². The predicted molar refractivity (Wildman–Crippen MR) is 123 cm³/mol. The molecule has 0 unspecified atom stereocenters. The van der Waals surface area contributed by atoms with Crippen molar-refractivity contribution >= 4 is 40.7 Å². The molecule has 0 aliphatic rings. The number of ketones is 1. The fourth-order valence-corrected chi connectivity index (χ4v) is 3.41. The van der Waals surface area contributed by atoms with Crippen LogP contribution in [0, 0.1) is 0 Å². The third kappa shape index (κ3) is 6.45. The Labute approximate surface area is 185 Å². The lowest BCUT2D eigenvalue weighted by atomic mass is 10.1. The number of amides is 2. The molecular weight excluding hydrogens is 412 g/mol. The molecule has 31 heavy (non-hydrogen) atoms. The predicted octanol–water partition coefficient (Wildman–Crippen LogP) is 4.88. The Morgan fingerprint density at radius 1 is 0.774 bits per heavy atom. The van der Waals surface area contributed by atoms with Crippen molar-refractivity contribution in [2.75, 3.05) is 23.5 Å². The van der Waals surface area contributed by atoms with E-state index in [1.165, 1.54) is 18.7 Å². The molecule has 7 heteroatoms. The molecule has 0 atom stereocenters. The summed E-state index contributed by atoms with van der Waals surface area (Å²) in [6.07, 6.45) is 0. The Kier molecular flexibility index (Phi) is 7.45. The maximum atomic E-state index is 12.3. The largest absolute Gasteiger partial charge is 0.497 e. The zero-order chi connectivity index (χ0) is 22.2. The molecule has 0 spiro atoms.